The van der Waals surface area contributed by atoms with Crippen molar-refractivity contribution in [2.45, 2.75) is 63.1 Å². The largest absolute Gasteiger partial charge is 0.383 e. The van der Waals surface area contributed by atoms with Gasteiger partial charge in [-0.2, -0.15) is 5.10 Å². The van der Waals surface area contributed by atoms with Crippen molar-refractivity contribution in [2.24, 2.45) is 0 Å². The van der Waals surface area contributed by atoms with E-state index in [1.165, 1.54) is 4.68 Å². The van der Waals surface area contributed by atoms with E-state index in [2.05, 4.69) is 10.4 Å². The third-order valence-electron chi connectivity index (χ3n) is 5.71. The van der Waals surface area contributed by atoms with Gasteiger partial charge in [0.05, 0.1) is 13.2 Å². The van der Waals surface area contributed by atoms with E-state index in [-0.39, 0.29) is 29.5 Å². The molecule has 2 saturated heterocycles. The van der Waals surface area contributed by atoms with Crippen LogP contribution in [0.3, 0.4) is 0 Å². The maximum Gasteiger partial charge on any atom is 0.346 e. The zero-order valence-corrected chi connectivity index (χ0v) is 15.7. The zero-order valence-electron chi connectivity index (χ0n) is 15.7. The molecule has 0 bridgehead atoms. The molecule has 2 amide bonds. The lowest BCUT2D eigenvalue weighted by molar-refractivity contribution is -0.135. The van der Waals surface area contributed by atoms with Crippen LogP contribution in [-0.2, 0) is 20.9 Å². The van der Waals surface area contributed by atoms with Gasteiger partial charge in [-0.05, 0) is 32.1 Å². The second kappa shape index (κ2) is 7.46. The second-order valence-corrected chi connectivity index (χ2v) is 7.74. The second-order valence-electron chi connectivity index (χ2n) is 7.74. The van der Waals surface area contributed by atoms with E-state index < -0.39 is 6.04 Å². The van der Waals surface area contributed by atoms with Crippen molar-refractivity contribution in [2.75, 3.05) is 26.8 Å². The minimum atomic E-state index is -0.402. The van der Waals surface area contributed by atoms with Gasteiger partial charge < -0.3 is 15.0 Å². The zero-order chi connectivity index (χ0) is 19.0. The van der Waals surface area contributed by atoms with Crippen LogP contribution < -0.4 is 11.0 Å². The Labute approximate surface area is 157 Å². The SMILES string of the molecule is COCCn1nc(C2CCCN(C(=O)C3CCC(=O)N3)C2)n(C2CC2)c1=O. The lowest BCUT2D eigenvalue weighted by atomic mass is 9.96. The molecule has 3 heterocycles. The Morgan fingerprint density at radius 3 is 2.74 bits per heavy atom. The topological polar surface area (TPSA) is 98.5 Å². The Balaban J connectivity index is 1.53. The van der Waals surface area contributed by atoms with E-state index in [0.29, 0.717) is 39.1 Å². The summed E-state index contributed by atoms with van der Waals surface area (Å²) in [6.45, 7) is 2.13. The van der Waals surface area contributed by atoms with Crippen molar-refractivity contribution >= 4 is 11.8 Å². The fourth-order valence-electron chi connectivity index (χ4n) is 4.12. The molecule has 1 aromatic heterocycles. The van der Waals surface area contributed by atoms with Gasteiger partial charge in [-0.1, -0.05) is 0 Å². The average Bonchev–Trinajstić information content (AvgIpc) is 3.33. The minimum Gasteiger partial charge on any atom is -0.383 e. The molecule has 0 aromatic carbocycles. The van der Waals surface area contributed by atoms with Crippen LogP contribution in [0.5, 0.6) is 0 Å². The molecule has 2 atom stereocenters. The highest BCUT2D eigenvalue weighted by molar-refractivity contribution is 5.90. The number of carbonyl (C=O) groups is 2. The summed E-state index contributed by atoms with van der Waals surface area (Å²) in [5, 5.41) is 7.38. The summed E-state index contributed by atoms with van der Waals surface area (Å²) in [4.78, 5) is 38.8. The maximum absolute atomic E-state index is 12.8. The molecule has 0 radical (unpaired) electrons. The quantitative estimate of drug-likeness (QED) is 0.753. The first-order valence-corrected chi connectivity index (χ1v) is 9.85. The first-order valence-electron chi connectivity index (χ1n) is 9.85. The molecular weight excluding hydrogens is 350 g/mol. The molecular formula is C18H27N5O4. The number of nitrogens with zero attached hydrogens (tertiary/aromatic N) is 4. The fourth-order valence-corrected chi connectivity index (χ4v) is 4.12. The highest BCUT2D eigenvalue weighted by Crippen LogP contribution is 2.37. The van der Waals surface area contributed by atoms with Gasteiger partial charge >= 0.3 is 5.69 Å². The van der Waals surface area contributed by atoms with Gasteiger partial charge in [-0.15, -0.1) is 0 Å². The molecule has 1 N–H and O–H groups in total. The van der Waals surface area contributed by atoms with Crippen LogP contribution in [0.1, 0.15) is 56.3 Å². The first-order chi connectivity index (χ1) is 13.1. The minimum absolute atomic E-state index is 0.00955. The number of hydrogen-bond donors (Lipinski definition) is 1. The molecule has 2 aliphatic heterocycles. The van der Waals surface area contributed by atoms with Crippen LogP contribution in [0.25, 0.3) is 0 Å². The van der Waals surface area contributed by atoms with Crippen molar-refractivity contribution in [1.82, 2.24) is 24.6 Å². The van der Waals surface area contributed by atoms with Gasteiger partial charge in [0.25, 0.3) is 0 Å². The van der Waals surface area contributed by atoms with Gasteiger partial charge in [0.15, 0.2) is 0 Å². The fraction of sp³-hybridized carbons (Fsp3) is 0.778. The summed E-state index contributed by atoms with van der Waals surface area (Å²) in [6, 6.07) is -0.162. The van der Waals surface area contributed by atoms with Crippen molar-refractivity contribution in [3.05, 3.63) is 16.3 Å². The predicted molar refractivity (Wildman–Crippen MR) is 96.4 cm³/mol. The predicted octanol–water partition coefficient (Wildman–Crippen LogP) is 0.0107. The number of nitrogens with one attached hydrogen (secondary N) is 1. The summed E-state index contributed by atoms with van der Waals surface area (Å²) < 4.78 is 8.42. The molecule has 3 fully saturated rings. The smallest absolute Gasteiger partial charge is 0.346 e. The molecule has 4 rings (SSSR count). The van der Waals surface area contributed by atoms with Crippen molar-refractivity contribution in [3.8, 4) is 0 Å². The number of hydrogen-bond acceptors (Lipinski definition) is 5. The number of methoxy groups -OCH3 is 1. The monoisotopic (exact) mass is 377 g/mol. The van der Waals surface area contributed by atoms with Crippen LogP contribution in [0, 0.1) is 0 Å². The van der Waals surface area contributed by atoms with Crippen LogP contribution >= 0.6 is 0 Å². The van der Waals surface area contributed by atoms with E-state index in [0.717, 1.165) is 31.5 Å². The summed E-state index contributed by atoms with van der Waals surface area (Å²) in [7, 11) is 1.61. The number of ether oxygens (including phenoxy) is 1. The maximum atomic E-state index is 12.8. The van der Waals surface area contributed by atoms with Gasteiger partial charge in [-0.25, -0.2) is 9.48 Å². The molecule has 3 aliphatic rings. The van der Waals surface area contributed by atoms with Crippen LogP contribution in [-0.4, -0.2) is 63.9 Å². The van der Waals surface area contributed by atoms with Crippen molar-refractivity contribution in [3.63, 3.8) is 0 Å². The standard InChI is InChI=1S/C18H27N5O4/c1-27-10-9-22-18(26)23(13-4-5-13)16(20-22)12-3-2-8-21(11-12)17(25)14-6-7-15(24)19-14/h12-14H,2-11H2,1H3,(H,19,24). The number of rotatable bonds is 6. The number of carbonyl (C=O) groups excluding carboxylic acids is 2. The average molecular weight is 377 g/mol. The third-order valence-corrected chi connectivity index (χ3v) is 5.71. The van der Waals surface area contributed by atoms with Crippen LogP contribution in [0.2, 0.25) is 0 Å². The molecule has 1 aliphatic carbocycles. The molecule has 1 aromatic rings. The lowest BCUT2D eigenvalue weighted by Crippen LogP contribution is -2.48. The van der Waals surface area contributed by atoms with Gasteiger partial charge in [0.1, 0.15) is 11.9 Å². The van der Waals surface area contributed by atoms with E-state index in [9.17, 15) is 14.4 Å². The highest BCUT2D eigenvalue weighted by atomic mass is 16.5. The molecule has 9 nitrogen and oxygen atoms in total. The Hall–Kier alpha value is -2.16. The molecule has 27 heavy (non-hydrogen) atoms. The summed E-state index contributed by atoms with van der Waals surface area (Å²) in [6.07, 6.45) is 4.78. The molecule has 9 heteroatoms. The van der Waals surface area contributed by atoms with Crippen molar-refractivity contribution < 1.29 is 14.3 Å². The number of aromatic nitrogens is 3. The molecule has 1 saturated carbocycles. The first kappa shape index (κ1) is 18.2. The summed E-state index contributed by atoms with van der Waals surface area (Å²) >= 11 is 0. The molecule has 0 spiro atoms. The van der Waals surface area contributed by atoms with Crippen molar-refractivity contribution in [1.29, 1.82) is 0 Å². The third kappa shape index (κ3) is 3.65. The van der Waals surface area contributed by atoms with Crippen LogP contribution in [0.4, 0.5) is 0 Å². The Bertz CT molecular complexity index is 781. The van der Waals surface area contributed by atoms with E-state index in [1.807, 2.05) is 9.47 Å². The Morgan fingerprint density at radius 2 is 2.07 bits per heavy atom. The van der Waals surface area contributed by atoms with Gasteiger partial charge in [0, 0.05) is 38.6 Å². The highest BCUT2D eigenvalue weighted by Gasteiger charge is 2.37. The van der Waals surface area contributed by atoms with E-state index in [4.69, 9.17) is 4.74 Å². The van der Waals surface area contributed by atoms with E-state index >= 15 is 0 Å². The van der Waals surface area contributed by atoms with Gasteiger partial charge in [0.2, 0.25) is 11.8 Å². The lowest BCUT2D eigenvalue weighted by Gasteiger charge is -2.33. The number of likely N-dealkylation sites (tertiary alicyclic amines) is 1. The number of amides is 2. The Kier molecular flexibility index (Phi) is 5.03. The van der Waals surface area contributed by atoms with E-state index in [1.54, 1.807) is 7.11 Å². The number of piperidine rings is 1. The Morgan fingerprint density at radius 1 is 1.26 bits per heavy atom. The summed E-state index contributed by atoms with van der Waals surface area (Å²) in [5.41, 5.74) is -0.0731. The molecule has 148 valence electrons. The van der Waals surface area contributed by atoms with Crippen LogP contribution in [0.15, 0.2) is 4.79 Å². The molecule has 2 unspecified atom stereocenters. The summed E-state index contributed by atoms with van der Waals surface area (Å²) in [5.74, 6) is 0.787. The van der Waals surface area contributed by atoms with Gasteiger partial charge in [-0.3, -0.25) is 14.2 Å². The normalized spacial score (nSPS) is 25.7.